The Kier molecular flexibility index (Phi) is 4.17. The van der Waals surface area contributed by atoms with Gasteiger partial charge in [0.15, 0.2) is 6.61 Å². The highest BCUT2D eigenvalue weighted by atomic mass is 16.5. The van der Waals surface area contributed by atoms with Gasteiger partial charge in [-0.15, -0.1) is 0 Å². The van der Waals surface area contributed by atoms with E-state index in [0.717, 1.165) is 0 Å². The summed E-state index contributed by atoms with van der Waals surface area (Å²) in [7, 11) is 0. The standard InChI is InChI=1S/C12H12N4O4/c17-11(18)7-20-10-4-2-1-3-9(10)16-12(19)15-8-5-13-14-6-8/h1-6H,7H2,(H,13,14)(H,17,18)(H2,15,16,19). The number of carbonyl (C=O) groups excluding carboxylic acids is 1. The van der Waals surface area contributed by atoms with E-state index in [9.17, 15) is 9.59 Å². The van der Waals surface area contributed by atoms with Crippen molar-refractivity contribution in [2.75, 3.05) is 17.2 Å². The van der Waals surface area contributed by atoms with Gasteiger partial charge in [-0.2, -0.15) is 5.10 Å². The number of nitrogens with zero attached hydrogens (tertiary/aromatic N) is 1. The lowest BCUT2D eigenvalue weighted by Gasteiger charge is -2.11. The number of urea groups is 1. The summed E-state index contributed by atoms with van der Waals surface area (Å²) in [6.45, 7) is -0.484. The van der Waals surface area contributed by atoms with E-state index in [0.29, 0.717) is 11.4 Å². The summed E-state index contributed by atoms with van der Waals surface area (Å²) in [6, 6.07) is 6.05. The predicted molar refractivity (Wildman–Crippen MR) is 70.8 cm³/mol. The largest absolute Gasteiger partial charge is 0.480 e. The first-order valence-electron chi connectivity index (χ1n) is 5.65. The highest BCUT2D eigenvalue weighted by Crippen LogP contribution is 2.23. The number of ether oxygens (including phenoxy) is 1. The average Bonchev–Trinajstić information content (AvgIpc) is 2.90. The van der Waals surface area contributed by atoms with Gasteiger partial charge in [0.05, 0.1) is 17.6 Å². The normalized spacial score (nSPS) is 9.80. The second kappa shape index (κ2) is 6.23. The van der Waals surface area contributed by atoms with E-state index in [2.05, 4.69) is 20.8 Å². The molecule has 104 valence electrons. The molecule has 0 aliphatic rings. The van der Waals surface area contributed by atoms with Gasteiger partial charge < -0.3 is 20.5 Å². The van der Waals surface area contributed by atoms with Crippen LogP contribution in [0.4, 0.5) is 16.2 Å². The molecular weight excluding hydrogens is 264 g/mol. The Balaban J connectivity index is 2.01. The molecule has 0 aliphatic heterocycles. The number of hydrogen-bond donors (Lipinski definition) is 4. The van der Waals surface area contributed by atoms with Crippen LogP contribution in [0.2, 0.25) is 0 Å². The number of carbonyl (C=O) groups is 2. The number of benzene rings is 1. The zero-order chi connectivity index (χ0) is 14.4. The molecule has 20 heavy (non-hydrogen) atoms. The van der Waals surface area contributed by atoms with E-state index in [1.165, 1.54) is 12.4 Å². The van der Waals surface area contributed by atoms with Gasteiger partial charge in [-0.3, -0.25) is 5.10 Å². The third-order valence-corrected chi connectivity index (χ3v) is 2.24. The molecule has 0 radical (unpaired) electrons. The van der Waals surface area contributed by atoms with E-state index < -0.39 is 18.6 Å². The lowest BCUT2D eigenvalue weighted by molar-refractivity contribution is -0.139. The molecule has 1 aromatic heterocycles. The van der Waals surface area contributed by atoms with Gasteiger partial charge in [-0.05, 0) is 12.1 Å². The molecule has 8 heteroatoms. The lowest BCUT2D eigenvalue weighted by atomic mass is 10.3. The van der Waals surface area contributed by atoms with Gasteiger partial charge in [0.2, 0.25) is 0 Å². The van der Waals surface area contributed by atoms with Crippen LogP contribution in [-0.4, -0.2) is 33.9 Å². The smallest absolute Gasteiger partial charge is 0.341 e. The molecule has 0 spiro atoms. The number of hydrogen-bond acceptors (Lipinski definition) is 4. The monoisotopic (exact) mass is 276 g/mol. The number of rotatable bonds is 5. The number of para-hydroxylation sites is 2. The maximum atomic E-state index is 11.7. The van der Waals surface area contributed by atoms with Crippen molar-refractivity contribution in [1.82, 2.24) is 10.2 Å². The molecule has 0 fully saturated rings. The second-order valence-electron chi connectivity index (χ2n) is 3.74. The summed E-state index contributed by atoms with van der Waals surface area (Å²) in [6.07, 6.45) is 2.97. The molecule has 4 N–H and O–H groups in total. The Morgan fingerprint density at radius 2 is 2.10 bits per heavy atom. The number of anilines is 2. The number of nitrogens with one attached hydrogen (secondary N) is 3. The zero-order valence-electron chi connectivity index (χ0n) is 10.3. The van der Waals surface area contributed by atoms with Crippen molar-refractivity contribution in [3.05, 3.63) is 36.7 Å². The Morgan fingerprint density at radius 3 is 2.80 bits per heavy atom. The quantitative estimate of drug-likeness (QED) is 0.660. The SMILES string of the molecule is O=C(O)COc1ccccc1NC(=O)Nc1cn[nH]c1. The number of aliphatic carboxylic acids is 1. The molecule has 0 aliphatic carbocycles. The first-order chi connectivity index (χ1) is 9.65. The number of carboxylic acids is 1. The van der Waals surface area contributed by atoms with E-state index in [4.69, 9.17) is 9.84 Å². The summed E-state index contributed by atoms with van der Waals surface area (Å²) in [5, 5.41) is 19.9. The van der Waals surface area contributed by atoms with Crippen molar-refractivity contribution in [1.29, 1.82) is 0 Å². The molecule has 2 rings (SSSR count). The first-order valence-corrected chi connectivity index (χ1v) is 5.65. The Labute approximate surface area is 113 Å². The minimum absolute atomic E-state index is 0.275. The minimum Gasteiger partial charge on any atom is -0.480 e. The highest BCUT2D eigenvalue weighted by molar-refractivity contribution is 6.00. The average molecular weight is 276 g/mol. The Hall–Kier alpha value is -3.03. The molecule has 0 saturated carbocycles. The molecule has 0 saturated heterocycles. The van der Waals surface area contributed by atoms with Gasteiger partial charge in [0.1, 0.15) is 5.75 Å². The molecule has 2 aromatic rings. The fourth-order valence-electron chi connectivity index (χ4n) is 1.44. The van der Waals surface area contributed by atoms with Crippen molar-refractivity contribution < 1.29 is 19.4 Å². The highest BCUT2D eigenvalue weighted by Gasteiger charge is 2.09. The second-order valence-corrected chi connectivity index (χ2v) is 3.74. The fourth-order valence-corrected chi connectivity index (χ4v) is 1.44. The van der Waals surface area contributed by atoms with Gasteiger partial charge in [0, 0.05) is 6.20 Å². The van der Waals surface area contributed by atoms with Crippen LogP contribution in [0.1, 0.15) is 0 Å². The lowest BCUT2D eigenvalue weighted by Crippen LogP contribution is -2.20. The minimum atomic E-state index is -1.09. The topological polar surface area (TPSA) is 116 Å². The molecule has 1 heterocycles. The number of carboxylic acid groups (broad SMARTS) is 1. The molecule has 2 amide bonds. The van der Waals surface area contributed by atoms with Crippen molar-refractivity contribution >= 4 is 23.4 Å². The molecular formula is C12H12N4O4. The first kappa shape index (κ1) is 13.4. The molecule has 0 bridgehead atoms. The number of H-pyrrole nitrogens is 1. The Morgan fingerprint density at radius 1 is 1.30 bits per heavy atom. The van der Waals surface area contributed by atoms with Crippen LogP contribution in [0.3, 0.4) is 0 Å². The zero-order valence-corrected chi connectivity index (χ0v) is 10.3. The molecule has 0 unspecified atom stereocenters. The third-order valence-electron chi connectivity index (χ3n) is 2.24. The van der Waals surface area contributed by atoms with Crippen LogP contribution in [0.15, 0.2) is 36.7 Å². The van der Waals surface area contributed by atoms with Crippen LogP contribution in [0, 0.1) is 0 Å². The predicted octanol–water partition coefficient (Wildman–Crippen LogP) is 1.52. The van der Waals surface area contributed by atoms with E-state index in [1.54, 1.807) is 24.3 Å². The van der Waals surface area contributed by atoms with Crippen LogP contribution >= 0.6 is 0 Å². The van der Waals surface area contributed by atoms with Gasteiger partial charge in [-0.1, -0.05) is 12.1 Å². The van der Waals surface area contributed by atoms with Crippen LogP contribution < -0.4 is 15.4 Å². The van der Waals surface area contributed by atoms with Crippen molar-refractivity contribution in [3.8, 4) is 5.75 Å². The Bertz CT molecular complexity index is 597. The molecule has 1 aromatic carbocycles. The number of aromatic nitrogens is 2. The van der Waals surface area contributed by atoms with Crippen LogP contribution in [-0.2, 0) is 4.79 Å². The molecule has 8 nitrogen and oxygen atoms in total. The van der Waals surface area contributed by atoms with Crippen LogP contribution in [0.25, 0.3) is 0 Å². The van der Waals surface area contributed by atoms with Gasteiger partial charge >= 0.3 is 12.0 Å². The van der Waals surface area contributed by atoms with E-state index in [-0.39, 0.29) is 5.75 Å². The number of aromatic amines is 1. The van der Waals surface area contributed by atoms with Crippen molar-refractivity contribution in [3.63, 3.8) is 0 Å². The van der Waals surface area contributed by atoms with Crippen molar-refractivity contribution in [2.24, 2.45) is 0 Å². The third kappa shape index (κ3) is 3.73. The summed E-state index contributed by atoms with van der Waals surface area (Å²) < 4.78 is 5.07. The van der Waals surface area contributed by atoms with Gasteiger partial charge in [-0.25, -0.2) is 9.59 Å². The number of amides is 2. The molecule has 0 atom stereocenters. The summed E-state index contributed by atoms with van der Waals surface area (Å²) in [4.78, 5) is 22.2. The van der Waals surface area contributed by atoms with Crippen molar-refractivity contribution in [2.45, 2.75) is 0 Å². The van der Waals surface area contributed by atoms with Gasteiger partial charge in [0.25, 0.3) is 0 Å². The maximum Gasteiger partial charge on any atom is 0.341 e. The summed E-state index contributed by atoms with van der Waals surface area (Å²) >= 11 is 0. The van der Waals surface area contributed by atoms with E-state index in [1.807, 2.05) is 0 Å². The van der Waals surface area contributed by atoms with E-state index >= 15 is 0 Å². The summed E-state index contributed by atoms with van der Waals surface area (Å²) in [5.41, 5.74) is 0.876. The summed E-state index contributed by atoms with van der Waals surface area (Å²) in [5.74, 6) is -0.820. The van der Waals surface area contributed by atoms with Crippen LogP contribution in [0.5, 0.6) is 5.75 Å². The fraction of sp³-hybridized carbons (Fsp3) is 0.0833. The maximum absolute atomic E-state index is 11.7.